The summed E-state index contributed by atoms with van der Waals surface area (Å²) >= 11 is 0. The number of halogens is 3. The van der Waals surface area contributed by atoms with E-state index in [1.54, 1.807) is 0 Å². The van der Waals surface area contributed by atoms with Crippen molar-refractivity contribution in [1.82, 2.24) is 0 Å². The van der Waals surface area contributed by atoms with Crippen LogP contribution in [0, 0.1) is 0 Å². The highest BCUT2D eigenvalue weighted by Crippen LogP contribution is 2.24. The molecule has 0 spiro atoms. The molecule has 6 heteroatoms. The molecule has 0 amide bonds. The summed E-state index contributed by atoms with van der Waals surface area (Å²) in [5.41, 5.74) is 5.00. The summed E-state index contributed by atoms with van der Waals surface area (Å²) in [4.78, 5) is 0. The van der Waals surface area contributed by atoms with Crippen LogP contribution in [0.2, 0.25) is 0 Å². The molecule has 0 aliphatic rings. The fraction of sp³-hybridized carbons (Fsp3) is 1.00. The van der Waals surface area contributed by atoms with Crippen LogP contribution in [0.4, 0.5) is 13.2 Å². The van der Waals surface area contributed by atoms with E-state index in [1.165, 1.54) is 0 Å². The van der Waals surface area contributed by atoms with Crippen LogP contribution in [0.1, 0.15) is 12.8 Å². The van der Waals surface area contributed by atoms with Gasteiger partial charge in [-0.15, -0.1) is 0 Å². The Bertz CT molecular complexity index is 129. The predicted octanol–water partition coefficient (Wildman–Crippen LogP) is 0.665. The van der Waals surface area contributed by atoms with Crippen molar-refractivity contribution in [2.45, 2.75) is 25.1 Å². The van der Waals surface area contributed by atoms with E-state index in [1.807, 2.05) is 0 Å². The average molecular weight is 201 g/mol. The zero-order chi connectivity index (χ0) is 10.3. The number of nitrogens with two attached hydrogens (primary N) is 1. The summed E-state index contributed by atoms with van der Waals surface area (Å²) in [7, 11) is 0. The standard InChI is InChI=1S/C7H14F3NO2/c8-7(9,10)6(2-3-11)13-5-1-4-12/h6,12H,1-5,11H2. The van der Waals surface area contributed by atoms with Crippen molar-refractivity contribution in [3.8, 4) is 0 Å². The predicted molar refractivity (Wildman–Crippen MR) is 41.2 cm³/mol. The molecule has 0 aromatic heterocycles. The van der Waals surface area contributed by atoms with Gasteiger partial charge in [-0.3, -0.25) is 0 Å². The number of aliphatic hydroxyl groups is 1. The lowest BCUT2D eigenvalue weighted by molar-refractivity contribution is -0.221. The Morgan fingerprint density at radius 1 is 1.38 bits per heavy atom. The van der Waals surface area contributed by atoms with E-state index < -0.39 is 12.3 Å². The van der Waals surface area contributed by atoms with Crippen LogP contribution in [-0.4, -0.2) is 37.1 Å². The van der Waals surface area contributed by atoms with E-state index in [9.17, 15) is 13.2 Å². The highest BCUT2D eigenvalue weighted by atomic mass is 19.4. The second kappa shape index (κ2) is 6.17. The minimum absolute atomic E-state index is 0.0662. The van der Waals surface area contributed by atoms with Gasteiger partial charge >= 0.3 is 6.18 Å². The lowest BCUT2D eigenvalue weighted by Crippen LogP contribution is -2.34. The summed E-state index contributed by atoms with van der Waals surface area (Å²) in [6.07, 6.45) is -6.20. The van der Waals surface area contributed by atoms with Crippen molar-refractivity contribution in [2.75, 3.05) is 19.8 Å². The van der Waals surface area contributed by atoms with Gasteiger partial charge in [0.15, 0.2) is 6.10 Å². The van der Waals surface area contributed by atoms with E-state index in [0.29, 0.717) is 0 Å². The quantitative estimate of drug-likeness (QED) is 0.621. The van der Waals surface area contributed by atoms with Gasteiger partial charge in [-0.05, 0) is 19.4 Å². The Hall–Kier alpha value is -0.330. The third-order valence-electron chi connectivity index (χ3n) is 1.42. The normalized spacial score (nSPS) is 14.5. The summed E-state index contributed by atoms with van der Waals surface area (Å²) in [6.45, 7) is -0.336. The Morgan fingerprint density at radius 2 is 2.00 bits per heavy atom. The van der Waals surface area contributed by atoms with Crippen LogP contribution in [-0.2, 0) is 4.74 Å². The number of ether oxygens (including phenoxy) is 1. The molecule has 3 nitrogen and oxygen atoms in total. The van der Waals surface area contributed by atoms with Crippen LogP contribution in [0.3, 0.4) is 0 Å². The molecule has 0 saturated carbocycles. The number of rotatable bonds is 6. The van der Waals surface area contributed by atoms with Crippen LogP contribution in [0.15, 0.2) is 0 Å². The molecule has 0 fully saturated rings. The van der Waals surface area contributed by atoms with Crippen molar-refractivity contribution < 1.29 is 23.0 Å². The highest BCUT2D eigenvalue weighted by molar-refractivity contribution is 4.67. The molecule has 80 valence electrons. The molecule has 1 atom stereocenters. The molecular formula is C7H14F3NO2. The largest absolute Gasteiger partial charge is 0.414 e. The van der Waals surface area contributed by atoms with Crippen LogP contribution in [0.5, 0.6) is 0 Å². The molecule has 0 aliphatic carbocycles. The maximum atomic E-state index is 12.1. The lowest BCUT2D eigenvalue weighted by atomic mass is 10.2. The summed E-state index contributed by atoms with van der Waals surface area (Å²) in [5, 5.41) is 8.33. The first-order chi connectivity index (χ1) is 6.02. The lowest BCUT2D eigenvalue weighted by Gasteiger charge is -2.19. The van der Waals surface area contributed by atoms with Gasteiger partial charge in [0.05, 0.1) is 0 Å². The van der Waals surface area contributed by atoms with Crippen molar-refractivity contribution in [3.05, 3.63) is 0 Å². The van der Waals surface area contributed by atoms with Gasteiger partial charge in [0.25, 0.3) is 0 Å². The molecule has 0 bridgehead atoms. The third-order valence-corrected chi connectivity index (χ3v) is 1.42. The van der Waals surface area contributed by atoms with Gasteiger partial charge < -0.3 is 15.6 Å². The van der Waals surface area contributed by atoms with E-state index in [2.05, 4.69) is 4.74 Å². The van der Waals surface area contributed by atoms with E-state index in [0.717, 1.165) is 0 Å². The molecule has 0 aliphatic heterocycles. The Labute approximate surface area is 74.7 Å². The second-order valence-corrected chi connectivity index (χ2v) is 2.56. The highest BCUT2D eigenvalue weighted by Gasteiger charge is 2.39. The minimum Gasteiger partial charge on any atom is -0.396 e. The Morgan fingerprint density at radius 3 is 2.38 bits per heavy atom. The third kappa shape index (κ3) is 5.84. The van der Waals surface area contributed by atoms with Crippen molar-refractivity contribution in [1.29, 1.82) is 0 Å². The zero-order valence-electron chi connectivity index (χ0n) is 7.18. The summed E-state index contributed by atoms with van der Waals surface area (Å²) < 4.78 is 40.8. The average Bonchev–Trinajstić information content (AvgIpc) is 2.01. The topological polar surface area (TPSA) is 55.5 Å². The van der Waals surface area contributed by atoms with Crippen molar-refractivity contribution in [3.63, 3.8) is 0 Å². The van der Waals surface area contributed by atoms with Crippen molar-refractivity contribution in [2.24, 2.45) is 5.73 Å². The van der Waals surface area contributed by atoms with Gasteiger partial charge in [0.1, 0.15) is 0 Å². The SMILES string of the molecule is NCCC(OCCCO)C(F)(F)F. The molecule has 0 saturated heterocycles. The summed E-state index contributed by atoms with van der Waals surface area (Å²) in [5.74, 6) is 0. The van der Waals surface area contributed by atoms with Gasteiger partial charge in [-0.2, -0.15) is 13.2 Å². The first-order valence-electron chi connectivity index (χ1n) is 4.01. The summed E-state index contributed by atoms with van der Waals surface area (Å²) in [6, 6.07) is 0. The molecule has 0 aromatic carbocycles. The zero-order valence-corrected chi connectivity index (χ0v) is 7.18. The van der Waals surface area contributed by atoms with E-state index in [4.69, 9.17) is 10.8 Å². The van der Waals surface area contributed by atoms with Gasteiger partial charge in [0, 0.05) is 13.2 Å². The molecular weight excluding hydrogens is 187 g/mol. The second-order valence-electron chi connectivity index (χ2n) is 2.56. The minimum atomic E-state index is -4.37. The van der Waals surface area contributed by atoms with Crippen LogP contribution < -0.4 is 5.73 Å². The fourth-order valence-electron chi connectivity index (χ4n) is 0.783. The van der Waals surface area contributed by atoms with E-state index >= 15 is 0 Å². The smallest absolute Gasteiger partial charge is 0.396 e. The van der Waals surface area contributed by atoms with Gasteiger partial charge in [-0.25, -0.2) is 0 Å². The molecule has 13 heavy (non-hydrogen) atoms. The number of alkyl halides is 3. The van der Waals surface area contributed by atoms with Crippen LogP contribution in [0.25, 0.3) is 0 Å². The van der Waals surface area contributed by atoms with E-state index in [-0.39, 0.29) is 32.6 Å². The van der Waals surface area contributed by atoms with Crippen molar-refractivity contribution >= 4 is 0 Å². The first-order valence-corrected chi connectivity index (χ1v) is 4.01. The molecule has 0 rings (SSSR count). The monoisotopic (exact) mass is 201 g/mol. The molecule has 3 N–H and O–H groups in total. The molecule has 0 radical (unpaired) electrons. The maximum Gasteiger partial charge on any atom is 0.414 e. The number of hydrogen-bond acceptors (Lipinski definition) is 3. The number of hydrogen-bond donors (Lipinski definition) is 2. The maximum absolute atomic E-state index is 12.1. The molecule has 0 aromatic rings. The number of aliphatic hydroxyl groups excluding tert-OH is 1. The van der Waals surface area contributed by atoms with Gasteiger partial charge in [-0.1, -0.05) is 0 Å². The van der Waals surface area contributed by atoms with Crippen LogP contribution >= 0.6 is 0 Å². The Balaban J connectivity index is 3.81. The fourth-order valence-corrected chi connectivity index (χ4v) is 0.783. The Kier molecular flexibility index (Phi) is 6.02. The van der Waals surface area contributed by atoms with Gasteiger partial charge in [0.2, 0.25) is 0 Å². The molecule has 1 unspecified atom stereocenters. The molecule has 0 heterocycles. The first kappa shape index (κ1) is 12.7.